The van der Waals surface area contributed by atoms with Gasteiger partial charge in [-0.2, -0.15) is 0 Å². The van der Waals surface area contributed by atoms with Crippen molar-refractivity contribution in [2.75, 3.05) is 0 Å². The van der Waals surface area contributed by atoms with Crippen molar-refractivity contribution in [1.29, 1.82) is 0 Å². The summed E-state index contributed by atoms with van der Waals surface area (Å²) in [5, 5.41) is 64.2. The highest BCUT2D eigenvalue weighted by Crippen LogP contribution is 2.39. The molecule has 0 radical (unpaired) electrons. The summed E-state index contributed by atoms with van der Waals surface area (Å²) in [4.78, 5) is 24.8. The number of epoxide rings is 1. The van der Waals surface area contributed by atoms with Crippen LogP contribution in [0.1, 0.15) is 65.2 Å². The van der Waals surface area contributed by atoms with Crippen molar-refractivity contribution in [2.45, 2.75) is 144 Å². The molecule has 14 atom stereocenters. The first-order valence-corrected chi connectivity index (χ1v) is 17.4. The van der Waals surface area contributed by atoms with Crippen LogP contribution in [0, 0.1) is 5.92 Å². The van der Waals surface area contributed by atoms with E-state index in [2.05, 4.69) is 6.92 Å². The summed E-state index contributed by atoms with van der Waals surface area (Å²) in [7, 11) is 0. The number of fused-ring (bicyclic) bond motifs is 3. The molecule has 0 aromatic heterocycles. The van der Waals surface area contributed by atoms with Crippen molar-refractivity contribution < 1.29 is 63.9 Å². The van der Waals surface area contributed by atoms with Crippen LogP contribution in [-0.2, 0) is 33.3 Å². The number of allylic oxidation sites excluding steroid dienone is 6. The zero-order valence-electron chi connectivity index (χ0n) is 28.6. The first kappa shape index (κ1) is 40.0. The predicted molar refractivity (Wildman–Crippen MR) is 179 cm³/mol. The fraction of sp³-hybridized carbons (Fsp3) is 0.667. The molecule has 3 saturated heterocycles. The van der Waals surface area contributed by atoms with E-state index in [1.54, 1.807) is 43.4 Å². The smallest absolute Gasteiger partial charge is 0.330 e. The van der Waals surface area contributed by atoms with Crippen LogP contribution in [-0.4, -0.2) is 122 Å². The molecule has 280 valence electrons. The number of aliphatic hydroxyl groups excluding tert-OH is 4. The van der Waals surface area contributed by atoms with Crippen LogP contribution in [0.25, 0.3) is 0 Å². The summed E-state index contributed by atoms with van der Waals surface area (Å²) in [6.07, 6.45) is 8.24. The van der Waals surface area contributed by atoms with Crippen LogP contribution in [0.2, 0.25) is 0 Å². The number of cyclic esters (lactones) is 1. The van der Waals surface area contributed by atoms with Crippen molar-refractivity contribution in [1.82, 2.24) is 0 Å². The summed E-state index contributed by atoms with van der Waals surface area (Å²) >= 11 is 0. The minimum absolute atomic E-state index is 0.0816. The van der Waals surface area contributed by atoms with E-state index in [9.17, 15) is 40.2 Å². The van der Waals surface area contributed by atoms with Gasteiger partial charge in [0.2, 0.25) is 0 Å². The number of carboxylic acid groups (broad SMARTS) is 1. The molecule has 0 aromatic carbocycles. The molecular formula is C36H53NO13. The summed E-state index contributed by atoms with van der Waals surface area (Å²) < 4.78 is 29.0. The summed E-state index contributed by atoms with van der Waals surface area (Å²) in [6.45, 7) is 3.64. The monoisotopic (exact) mass is 707 g/mol. The lowest BCUT2D eigenvalue weighted by atomic mass is 9.83. The second-order valence-corrected chi connectivity index (χ2v) is 13.5. The number of carboxylic acids is 1. The average molecular weight is 708 g/mol. The summed E-state index contributed by atoms with van der Waals surface area (Å²) in [5.74, 6) is -5.41. The maximum atomic E-state index is 12.5. The minimum atomic E-state index is -2.10. The van der Waals surface area contributed by atoms with Crippen molar-refractivity contribution in [2.24, 2.45) is 11.7 Å². The van der Waals surface area contributed by atoms with Crippen molar-refractivity contribution >= 4 is 11.9 Å². The van der Waals surface area contributed by atoms with Gasteiger partial charge >= 0.3 is 11.9 Å². The van der Waals surface area contributed by atoms with E-state index in [0.717, 1.165) is 19.3 Å². The molecule has 9 unspecified atom stereocenters. The molecule has 0 aromatic rings. The van der Waals surface area contributed by atoms with Crippen LogP contribution in [0.5, 0.6) is 0 Å². The lowest BCUT2D eigenvalue weighted by molar-refractivity contribution is -0.308. The van der Waals surface area contributed by atoms with Gasteiger partial charge in [0.1, 0.15) is 24.2 Å². The van der Waals surface area contributed by atoms with Gasteiger partial charge in [-0.15, -0.1) is 0 Å². The lowest BCUT2D eigenvalue weighted by Crippen LogP contribution is -2.61. The molecule has 4 rings (SSSR count). The minimum Gasteiger partial charge on any atom is -0.481 e. The van der Waals surface area contributed by atoms with E-state index in [0.29, 0.717) is 6.42 Å². The third-order valence-electron chi connectivity index (χ3n) is 9.35. The Morgan fingerprint density at radius 1 is 0.980 bits per heavy atom. The number of ether oxygens (including phenoxy) is 5. The molecule has 50 heavy (non-hydrogen) atoms. The van der Waals surface area contributed by atoms with E-state index >= 15 is 0 Å². The molecule has 14 nitrogen and oxygen atoms in total. The molecule has 2 bridgehead atoms. The average Bonchev–Trinajstić information content (AvgIpc) is 3.78. The van der Waals surface area contributed by atoms with Crippen LogP contribution in [0.4, 0.5) is 0 Å². The Bertz CT molecular complexity index is 1270. The SMILES string of the molecule is CCCCC1CC=CC=CC=CC=CC(O[C@@H]2O[C@H](C)[C@@H](O)[C@H](N)[C@@H]2O)CC2OC(O)(CC(O)CC3OC3C=CC(=O)O1)CC(O)C2C(=O)O. The number of esters is 1. The van der Waals surface area contributed by atoms with Gasteiger partial charge in [-0.05, 0) is 19.4 Å². The maximum absolute atomic E-state index is 12.5. The third kappa shape index (κ3) is 11.6. The molecular weight excluding hydrogens is 654 g/mol. The lowest BCUT2D eigenvalue weighted by Gasteiger charge is -2.45. The normalized spacial score (nSPS) is 41.9. The Labute approximate surface area is 292 Å². The number of rotatable bonds is 6. The highest BCUT2D eigenvalue weighted by molar-refractivity contribution is 5.82. The molecule has 0 spiro atoms. The van der Waals surface area contributed by atoms with E-state index in [1.165, 1.54) is 6.08 Å². The van der Waals surface area contributed by atoms with Crippen LogP contribution < -0.4 is 5.73 Å². The molecule has 4 aliphatic heterocycles. The molecule has 3 fully saturated rings. The van der Waals surface area contributed by atoms with Gasteiger partial charge in [0, 0.05) is 38.2 Å². The van der Waals surface area contributed by atoms with Crippen LogP contribution in [0.3, 0.4) is 0 Å². The van der Waals surface area contributed by atoms with E-state index in [1.807, 2.05) is 18.2 Å². The Morgan fingerprint density at radius 3 is 2.42 bits per heavy atom. The molecule has 8 N–H and O–H groups in total. The Hall–Kier alpha value is -2.76. The number of hydrogen-bond acceptors (Lipinski definition) is 13. The van der Waals surface area contributed by atoms with Crippen molar-refractivity contribution in [3.05, 3.63) is 60.8 Å². The fourth-order valence-corrected chi connectivity index (χ4v) is 6.54. The van der Waals surface area contributed by atoms with E-state index < -0.39 is 97.3 Å². The van der Waals surface area contributed by atoms with Gasteiger partial charge in [-0.25, -0.2) is 4.79 Å². The van der Waals surface area contributed by atoms with Crippen LogP contribution in [0.15, 0.2) is 60.8 Å². The zero-order chi connectivity index (χ0) is 36.4. The Kier molecular flexibility index (Phi) is 14.9. The first-order chi connectivity index (χ1) is 23.8. The van der Waals surface area contributed by atoms with E-state index in [-0.39, 0.29) is 25.4 Å². The van der Waals surface area contributed by atoms with Crippen molar-refractivity contribution in [3.63, 3.8) is 0 Å². The zero-order valence-corrected chi connectivity index (χ0v) is 28.6. The molecule has 0 aliphatic carbocycles. The number of carbonyl (C=O) groups excluding carboxylic acids is 1. The number of unbranched alkanes of at least 4 members (excludes halogenated alkanes) is 1. The maximum Gasteiger partial charge on any atom is 0.330 e. The van der Waals surface area contributed by atoms with Gasteiger partial charge in [0.05, 0.1) is 48.8 Å². The second kappa shape index (κ2) is 18.6. The summed E-state index contributed by atoms with van der Waals surface area (Å²) in [6, 6.07) is -1.08. The molecule has 4 aliphatic rings. The van der Waals surface area contributed by atoms with Gasteiger partial charge < -0.3 is 60.1 Å². The highest BCUT2D eigenvalue weighted by Gasteiger charge is 2.51. The number of aliphatic hydroxyl groups is 5. The van der Waals surface area contributed by atoms with Gasteiger partial charge in [-0.3, -0.25) is 4.79 Å². The molecule has 14 heteroatoms. The third-order valence-corrected chi connectivity index (χ3v) is 9.35. The number of carbonyl (C=O) groups is 2. The standard InChI is InChI=1S/C36H53NO13/c1-3-4-12-23-13-10-8-6-5-7-9-11-14-24(48-35-33(42)31(37)32(41)21(2)46-35)18-28-30(34(43)44)25(39)20-36(45,50-28)19-22(38)17-27-26(49-27)15-16-29(40)47-23/h5-11,14-16,21-28,30-33,35,38-39,41-42,45H,3-4,12-13,17-20,37H2,1-2H3,(H,43,44)/t21-,22?,23?,24?,25?,26?,27?,28?,30?,31+,32-,33+,35+,36?/m1/s1. The summed E-state index contributed by atoms with van der Waals surface area (Å²) in [5.41, 5.74) is 6.00. The molecule has 0 amide bonds. The van der Waals surface area contributed by atoms with Gasteiger partial charge in [0.15, 0.2) is 12.1 Å². The highest BCUT2D eigenvalue weighted by atomic mass is 16.7. The fourth-order valence-electron chi connectivity index (χ4n) is 6.54. The van der Waals surface area contributed by atoms with E-state index in [4.69, 9.17) is 29.4 Å². The predicted octanol–water partition coefficient (Wildman–Crippen LogP) is 1.29. The Balaban J connectivity index is 1.58. The topological polar surface area (TPSA) is 231 Å². The molecule has 0 saturated carbocycles. The quantitative estimate of drug-likeness (QED) is 0.152. The van der Waals surface area contributed by atoms with Crippen molar-refractivity contribution in [3.8, 4) is 0 Å². The Morgan fingerprint density at radius 2 is 1.70 bits per heavy atom. The molecule has 4 heterocycles. The number of aliphatic carboxylic acids is 1. The number of hydrogen-bond donors (Lipinski definition) is 7. The number of nitrogens with two attached hydrogens (primary N) is 1. The van der Waals surface area contributed by atoms with Gasteiger partial charge in [0.25, 0.3) is 0 Å². The van der Waals surface area contributed by atoms with Crippen LogP contribution >= 0.6 is 0 Å². The first-order valence-electron chi connectivity index (χ1n) is 17.4. The van der Waals surface area contributed by atoms with Gasteiger partial charge in [-0.1, -0.05) is 68.4 Å². The second-order valence-electron chi connectivity index (χ2n) is 13.5. The largest absolute Gasteiger partial charge is 0.481 e.